The number of nitrogens with one attached hydrogen (secondary N) is 1. The Morgan fingerprint density at radius 1 is 1.54 bits per heavy atom. The van der Waals surface area contributed by atoms with Crippen LogP contribution in [0.15, 0.2) is 0 Å². The summed E-state index contributed by atoms with van der Waals surface area (Å²) in [5.41, 5.74) is 0. The van der Waals surface area contributed by atoms with E-state index in [4.69, 9.17) is 11.2 Å². The van der Waals surface area contributed by atoms with E-state index in [1.807, 2.05) is 0 Å². The Morgan fingerprint density at radius 2 is 2.23 bits per heavy atom. The molecule has 74 valence electrons. The highest BCUT2D eigenvalue weighted by Gasteiger charge is 2.15. The van der Waals surface area contributed by atoms with E-state index < -0.39 is 0 Å². The fourth-order valence-corrected chi connectivity index (χ4v) is 1.50. The van der Waals surface area contributed by atoms with Gasteiger partial charge in [0.25, 0.3) is 0 Å². The van der Waals surface area contributed by atoms with Crippen molar-refractivity contribution in [2.24, 2.45) is 0 Å². The van der Waals surface area contributed by atoms with E-state index in [1.54, 1.807) is 0 Å². The SMILES string of the molecule is C#CCNCC(C)N1CCOCC1. The number of hydrogen-bond donors (Lipinski definition) is 1. The van der Waals surface area contributed by atoms with Gasteiger partial charge in [-0.2, -0.15) is 0 Å². The molecule has 0 aromatic rings. The van der Waals surface area contributed by atoms with Crippen LogP contribution in [0.2, 0.25) is 0 Å². The van der Waals surface area contributed by atoms with Crippen LogP contribution >= 0.6 is 0 Å². The topological polar surface area (TPSA) is 24.5 Å². The monoisotopic (exact) mass is 182 g/mol. The molecular formula is C10H18N2O. The van der Waals surface area contributed by atoms with Gasteiger partial charge in [-0.15, -0.1) is 6.42 Å². The minimum Gasteiger partial charge on any atom is -0.379 e. The molecule has 0 radical (unpaired) electrons. The van der Waals surface area contributed by atoms with Crippen LogP contribution in [0, 0.1) is 12.3 Å². The summed E-state index contributed by atoms with van der Waals surface area (Å²) in [7, 11) is 0. The smallest absolute Gasteiger partial charge is 0.0594 e. The molecule has 1 aliphatic rings. The zero-order valence-electron chi connectivity index (χ0n) is 8.25. The maximum absolute atomic E-state index is 5.28. The van der Waals surface area contributed by atoms with E-state index in [2.05, 4.69) is 23.1 Å². The van der Waals surface area contributed by atoms with Gasteiger partial charge >= 0.3 is 0 Å². The third-order valence-electron chi connectivity index (χ3n) is 2.34. The Labute approximate surface area is 80.4 Å². The van der Waals surface area contributed by atoms with Crippen molar-refractivity contribution in [3.05, 3.63) is 0 Å². The lowest BCUT2D eigenvalue weighted by Gasteiger charge is -2.32. The van der Waals surface area contributed by atoms with E-state index in [9.17, 15) is 0 Å². The van der Waals surface area contributed by atoms with Crippen molar-refractivity contribution in [1.82, 2.24) is 10.2 Å². The molecule has 3 nitrogen and oxygen atoms in total. The highest BCUT2D eigenvalue weighted by Crippen LogP contribution is 2.01. The van der Waals surface area contributed by atoms with Crippen molar-refractivity contribution in [3.8, 4) is 12.3 Å². The van der Waals surface area contributed by atoms with Crippen LogP contribution in [0.3, 0.4) is 0 Å². The number of morpholine rings is 1. The number of nitrogens with zero attached hydrogens (tertiary/aromatic N) is 1. The summed E-state index contributed by atoms with van der Waals surface area (Å²) in [6, 6.07) is 0.553. The molecule has 0 saturated carbocycles. The Kier molecular flexibility index (Phi) is 4.84. The molecule has 0 spiro atoms. The van der Waals surface area contributed by atoms with E-state index in [0.29, 0.717) is 12.6 Å². The van der Waals surface area contributed by atoms with Crippen molar-refractivity contribution in [3.63, 3.8) is 0 Å². The van der Waals surface area contributed by atoms with Gasteiger partial charge in [-0.25, -0.2) is 0 Å². The molecule has 0 amide bonds. The van der Waals surface area contributed by atoms with Crippen LogP contribution in [0.5, 0.6) is 0 Å². The van der Waals surface area contributed by atoms with E-state index in [1.165, 1.54) is 0 Å². The van der Waals surface area contributed by atoms with Crippen LogP contribution in [0.4, 0.5) is 0 Å². The molecule has 1 heterocycles. The Bertz CT molecular complexity index is 170. The van der Waals surface area contributed by atoms with Gasteiger partial charge in [0.1, 0.15) is 0 Å². The van der Waals surface area contributed by atoms with Crippen molar-refractivity contribution < 1.29 is 4.74 Å². The zero-order valence-corrected chi connectivity index (χ0v) is 8.25. The van der Waals surface area contributed by atoms with Crippen molar-refractivity contribution in [1.29, 1.82) is 0 Å². The maximum atomic E-state index is 5.28. The van der Waals surface area contributed by atoms with E-state index >= 15 is 0 Å². The lowest BCUT2D eigenvalue weighted by molar-refractivity contribution is 0.0206. The molecule has 0 bridgehead atoms. The molecule has 13 heavy (non-hydrogen) atoms. The third kappa shape index (κ3) is 3.77. The second kappa shape index (κ2) is 5.98. The largest absolute Gasteiger partial charge is 0.379 e. The first-order chi connectivity index (χ1) is 6.34. The fraction of sp³-hybridized carbons (Fsp3) is 0.800. The summed E-state index contributed by atoms with van der Waals surface area (Å²) in [4.78, 5) is 2.42. The fourth-order valence-electron chi connectivity index (χ4n) is 1.50. The number of ether oxygens (including phenoxy) is 1. The molecule has 0 aromatic carbocycles. The third-order valence-corrected chi connectivity index (χ3v) is 2.34. The molecule has 3 heteroatoms. The molecule has 1 rings (SSSR count). The molecule has 0 aliphatic carbocycles. The number of terminal acetylenes is 1. The van der Waals surface area contributed by atoms with Gasteiger partial charge in [-0.3, -0.25) is 4.90 Å². The highest BCUT2D eigenvalue weighted by molar-refractivity contribution is 4.87. The molecule has 1 unspecified atom stereocenters. The molecule has 1 saturated heterocycles. The van der Waals surface area contributed by atoms with Gasteiger partial charge in [0.2, 0.25) is 0 Å². The first-order valence-electron chi connectivity index (χ1n) is 4.80. The van der Waals surface area contributed by atoms with E-state index in [0.717, 1.165) is 32.8 Å². The van der Waals surface area contributed by atoms with E-state index in [-0.39, 0.29) is 0 Å². The van der Waals surface area contributed by atoms with Gasteiger partial charge in [0.05, 0.1) is 19.8 Å². The summed E-state index contributed by atoms with van der Waals surface area (Å²) in [6.07, 6.45) is 5.15. The zero-order chi connectivity index (χ0) is 9.52. The number of rotatable bonds is 4. The molecule has 1 atom stereocenters. The average Bonchev–Trinajstić information content (AvgIpc) is 2.19. The minimum absolute atomic E-state index is 0.553. The van der Waals surface area contributed by atoms with Gasteiger partial charge in [0, 0.05) is 25.7 Å². The molecule has 1 N–H and O–H groups in total. The van der Waals surface area contributed by atoms with Gasteiger partial charge in [0.15, 0.2) is 0 Å². The lowest BCUT2D eigenvalue weighted by atomic mass is 10.2. The molecule has 1 aliphatic heterocycles. The molecule has 0 aromatic heterocycles. The standard InChI is InChI=1S/C10H18N2O/c1-3-4-11-9-10(2)12-5-7-13-8-6-12/h1,10-11H,4-9H2,2H3. The summed E-state index contributed by atoms with van der Waals surface area (Å²) in [5, 5.41) is 3.21. The van der Waals surface area contributed by atoms with Crippen molar-refractivity contribution in [2.75, 3.05) is 39.4 Å². The second-order valence-electron chi connectivity index (χ2n) is 3.33. The molecular weight excluding hydrogens is 164 g/mol. The highest BCUT2D eigenvalue weighted by atomic mass is 16.5. The minimum atomic E-state index is 0.553. The van der Waals surface area contributed by atoms with Crippen LogP contribution in [0.1, 0.15) is 6.92 Å². The first-order valence-corrected chi connectivity index (χ1v) is 4.80. The van der Waals surface area contributed by atoms with Gasteiger partial charge in [-0.05, 0) is 6.92 Å². The van der Waals surface area contributed by atoms with Crippen LogP contribution in [-0.4, -0.2) is 50.3 Å². The number of hydrogen-bond acceptors (Lipinski definition) is 3. The summed E-state index contributed by atoms with van der Waals surface area (Å²) in [5.74, 6) is 2.57. The molecule has 1 fully saturated rings. The average molecular weight is 182 g/mol. The Hall–Kier alpha value is -0.560. The lowest BCUT2D eigenvalue weighted by Crippen LogP contribution is -2.46. The van der Waals surface area contributed by atoms with Gasteiger partial charge < -0.3 is 10.1 Å². The van der Waals surface area contributed by atoms with Crippen LogP contribution in [0.25, 0.3) is 0 Å². The summed E-state index contributed by atoms with van der Waals surface area (Å²) >= 11 is 0. The predicted octanol–water partition coefficient (Wildman–Crippen LogP) is -0.0701. The summed E-state index contributed by atoms with van der Waals surface area (Å²) in [6.45, 7) is 7.64. The second-order valence-corrected chi connectivity index (χ2v) is 3.33. The van der Waals surface area contributed by atoms with Gasteiger partial charge in [-0.1, -0.05) is 5.92 Å². The van der Waals surface area contributed by atoms with Crippen LogP contribution < -0.4 is 5.32 Å². The van der Waals surface area contributed by atoms with Crippen LogP contribution in [-0.2, 0) is 4.74 Å². The normalized spacial score (nSPS) is 20.9. The Morgan fingerprint density at radius 3 is 2.85 bits per heavy atom. The van der Waals surface area contributed by atoms with Crippen molar-refractivity contribution in [2.45, 2.75) is 13.0 Å². The van der Waals surface area contributed by atoms with Crippen molar-refractivity contribution >= 4 is 0 Å². The quantitative estimate of drug-likeness (QED) is 0.486. The predicted molar refractivity (Wildman–Crippen MR) is 53.6 cm³/mol. The first kappa shape index (κ1) is 10.5. The maximum Gasteiger partial charge on any atom is 0.0594 e. The Balaban J connectivity index is 2.14. The summed E-state index contributed by atoms with van der Waals surface area (Å²) < 4.78 is 5.28.